The summed E-state index contributed by atoms with van der Waals surface area (Å²) in [6.07, 6.45) is 0.510. The van der Waals surface area contributed by atoms with Crippen LogP contribution in [0.25, 0.3) is 22.1 Å². The second-order valence-electron chi connectivity index (χ2n) is 7.87. The van der Waals surface area contributed by atoms with Crippen molar-refractivity contribution < 1.29 is 14.0 Å². The molecule has 4 rings (SSSR count). The van der Waals surface area contributed by atoms with Crippen molar-refractivity contribution in [2.75, 3.05) is 0 Å². The summed E-state index contributed by atoms with van der Waals surface area (Å²) in [7, 11) is 0. The number of furan rings is 1. The number of aromatic nitrogens is 2. The molecular weight excluding hydrogens is 420 g/mol. The molecule has 2 N–H and O–H groups in total. The molecule has 0 aliphatic heterocycles. The fraction of sp³-hybridized carbons (Fsp3) is 0.200. The van der Waals surface area contributed by atoms with Crippen molar-refractivity contribution >= 4 is 22.6 Å². The van der Waals surface area contributed by atoms with Crippen LogP contribution in [0.4, 0.5) is 0 Å². The Labute approximate surface area is 190 Å². The molecule has 2 amide bonds. The number of aryl methyl sites for hydroxylation is 1. The number of carbonyl (C=O) groups is 2. The molecule has 8 heteroatoms. The SMILES string of the molecule is CC(C)n1nc(C(=O)NNC(=O)CCc2ccc(-c3ccccc3)o2)c2ccccc2c1=O. The molecule has 0 saturated carbocycles. The molecule has 0 radical (unpaired) electrons. The predicted molar refractivity (Wildman–Crippen MR) is 124 cm³/mol. The zero-order valence-corrected chi connectivity index (χ0v) is 18.4. The molecule has 0 atom stereocenters. The molecule has 33 heavy (non-hydrogen) atoms. The normalized spacial score (nSPS) is 11.0. The fourth-order valence-electron chi connectivity index (χ4n) is 3.48. The third kappa shape index (κ3) is 4.85. The quantitative estimate of drug-likeness (QED) is 0.442. The lowest BCUT2D eigenvalue weighted by molar-refractivity contribution is -0.121. The molecule has 0 unspecified atom stereocenters. The van der Waals surface area contributed by atoms with E-state index in [0.29, 0.717) is 23.0 Å². The van der Waals surface area contributed by atoms with E-state index in [2.05, 4.69) is 16.0 Å². The largest absolute Gasteiger partial charge is 0.461 e. The number of benzene rings is 2. The smallest absolute Gasteiger partial charge is 0.290 e. The van der Waals surface area contributed by atoms with Crippen LogP contribution in [0, 0.1) is 0 Å². The maximum absolute atomic E-state index is 12.8. The minimum absolute atomic E-state index is 0.0673. The molecule has 168 valence electrons. The Hall–Kier alpha value is -4.20. The van der Waals surface area contributed by atoms with Gasteiger partial charge in [-0.25, -0.2) is 4.68 Å². The van der Waals surface area contributed by atoms with Crippen LogP contribution in [0.1, 0.15) is 42.6 Å². The lowest BCUT2D eigenvalue weighted by Gasteiger charge is -2.13. The minimum Gasteiger partial charge on any atom is -0.461 e. The third-order valence-corrected chi connectivity index (χ3v) is 5.17. The Bertz CT molecular complexity index is 1360. The monoisotopic (exact) mass is 444 g/mol. The van der Waals surface area contributed by atoms with E-state index >= 15 is 0 Å². The van der Waals surface area contributed by atoms with Gasteiger partial charge in [0, 0.05) is 23.8 Å². The molecule has 2 aromatic carbocycles. The standard InChI is InChI=1S/C25H24N4O4/c1-16(2)29-25(32)20-11-7-6-10-19(20)23(28-29)24(31)27-26-22(30)15-13-18-12-14-21(33-18)17-8-4-3-5-9-17/h3-12,14,16H,13,15H2,1-2H3,(H,26,30)(H,27,31). The highest BCUT2D eigenvalue weighted by atomic mass is 16.3. The fourth-order valence-corrected chi connectivity index (χ4v) is 3.48. The number of hydrogen-bond donors (Lipinski definition) is 2. The van der Waals surface area contributed by atoms with Crippen molar-refractivity contribution in [2.45, 2.75) is 32.7 Å². The van der Waals surface area contributed by atoms with E-state index in [9.17, 15) is 14.4 Å². The number of fused-ring (bicyclic) bond motifs is 1. The average molecular weight is 444 g/mol. The van der Waals surface area contributed by atoms with Crippen molar-refractivity contribution in [3.8, 4) is 11.3 Å². The Morgan fingerprint density at radius 2 is 1.64 bits per heavy atom. The molecule has 0 saturated heterocycles. The van der Waals surface area contributed by atoms with Gasteiger partial charge in [0.25, 0.3) is 11.5 Å². The first-order valence-corrected chi connectivity index (χ1v) is 10.7. The third-order valence-electron chi connectivity index (χ3n) is 5.17. The van der Waals surface area contributed by atoms with E-state index < -0.39 is 5.91 Å². The number of amides is 2. The van der Waals surface area contributed by atoms with Gasteiger partial charge in [-0.1, -0.05) is 48.5 Å². The van der Waals surface area contributed by atoms with Gasteiger partial charge in [0.05, 0.1) is 11.4 Å². The summed E-state index contributed by atoms with van der Waals surface area (Å²) in [5.41, 5.74) is 5.57. The minimum atomic E-state index is -0.599. The topological polar surface area (TPSA) is 106 Å². The Balaban J connectivity index is 1.40. The van der Waals surface area contributed by atoms with Crippen LogP contribution in [-0.4, -0.2) is 21.6 Å². The van der Waals surface area contributed by atoms with E-state index in [1.54, 1.807) is 24.3 Å². The van der Waals surface area contributed by atoms with Crippen molar-refractivity contribution in [2.24, 2.45) is 0 Å². The highest BCUT2D eigenvalue weighted by molar-refractivity contribution is 6.05. The van der Waals surface area contributed by atoms with Gasteiger partial charge < -0.3 is 4.42 Å². The van der Waals surface area contributed by atoms with Crippen molar-refractivity contribution in [1.82, 2.24) is 20.6 Å². The summed E-state index contributed by atoms with van der Waals surface area (Å²) in [6, 6.07) is 19.9. The highest BCUT2D eigenvalue weighted by Gasteiger charge is 2.18. The van der Waals surface area contributed by atoms with E-state index in [0.717, 1.165) is 11.3 Å². The first-order valence-electron chi connectivity index (χ1n) is 10.7. The van der Waals surface area contributed by atoms with Gasteiger partial charge in [-0.15, -0.1) is 0 Å². The highest BCUT2D eigenvalue weighted by Crippen LogP contribution is 2.22. The molecule has 0 bridgehead atoms. The first-order chi connectivity index (χ1) is 15.9. The second-order valence-corrected chi connectivity index (χ2v) is 7.87. The lowest BCUT2D eigenvalue weighted by Crippen LogP contribution is -2.43. The molecule has 0 aliphatic carbocycles. The van der Waals surface area contributed by atoms with Gasteiger partial charge in [-0.2, -0.15) is 5.10 Å². The van der Waals surface area contributed by atoms with E-state index in [-0.39, 0.29) is 29.6 Å². The van der Waals surface area contributed by atoms with Crippen LogP contribution in [-0.2, 0) is 11.2 Å². The van der Waals surface area contributed by atoms with Crippen LogP contribution >= 0.6 is 0 Å². The van der Waals surface area contributed by atoms with E-state index in [4.69, 9.17) is 4.42 Å². The number of rotatable bonds is 6. The summed E-state index contributed by atoms with van der Waals surface area (Å²) in [6.45, 7) is 3.62. The summed E-state index contributed by atoms with van der Waals surface area (Å²) in [4.78, 5) is 37.7. The van der Waals surface area contributed by atoms with Gasteiger partial charge in [0.1, 0.15) is 11.5 Å². The maximum atomic E-state index is 12.8. The van der Waals surface area contributed by atoms with Gasteiger partial charge in [-0.05, 0) is 32.0 Å². The van der Waals surface area contributed by atoms with Crippen molar-refractivity contribution in [3.63, 3.8) is 0 Å². The van der Waals surface area contributed by atoms with Gasteiger partial charge in [-0.3, -0.25) is 25.2 Å². The number of nitrogens with zero attached hydrogens (tertiary/aromatic N) is 2. The number of nitrogens with one attached hydrogen (secondary N) is 2. The molecule has 0 spiro atoms. The molecule has 0 fully saturated rings. The van der Waals surface area contributed by atoms with Crippen molar-refractivity contribution in [1.29, 1.82) is 0 Å². The number of carbonyl (C=O) groups excluding carboxylic acids is 2. The lowest BCUT2D eigenvalue weighted by atomic mass is 10.1. The summed E-state index contributed by atoms with van der Waals surface area (Å²) < 4.78 is 7.06. The number of hydrogen-bond acceptors (Lipinski definition) is 5. The molecule has 2 aromatic heterocycles. The summed E-state index contributed by atoms with van der Waals surface area (Å²) >= 11 is 0. The van der Waals surface area contributed by atoms with Gasteiger partial charge in [0.15, 0.2) is 5.69 Å². The molecule has 0 aliphatic rings. The molecule has 4 aromatic rings. The molecular formula is C25H24N4O4. The molecule has 8 nitrogen and oxygen atoms in total. The van der Waals surface area contributed by atoms with Gasteiger partial charge >= 0.3 is 0 Å². The molecule has 2 heterocycles. The average Bonchev–Trinajstić information content (AvgIpc) is 3.31. The van der Waals surface area contributed by atoms with Crippen LogP contribution in [0.3, 0.4) is 0 Å². The van der Waals surface area contributed by atoms with E-state index in [1.165, 1.54) is 4.68 Å². The van der Waals surface area contributed by atoms with Crippen LogP contribution < -0.4 is 16.4 Å². The zero-order valence-electron chi connectivity index (χ0n) is 18.4. The maximum Gasteiger partial charge on any atom is 0.290 e. The van der Waals surface area contributed by atoms with E-state index in [1.807, 2.05) is 56.3 Å². The Morgan fingerprint density at radius 3 is 2.36 bits per heavy atom. The number of hydrazine groups is 1. The van der Waals surface area contributed by atoms with Crippen LogP contribution in [0.2, 0.25) is 0 Å². The second kappa shape index (κ2) is 9.52. The zero-order chi connectivity index (χ0) is 23.4. The van der Waals surface area contributed by atoms with Crippen LogP contribution in [0.15, 0.2) is 75.9 Å². The summed E-state index contributed by atoms with van der Waals surface area (Å²) in [5.74, 6) is 0.436. The Morgan fingerprint density at radius 1 is 0.939 bits per heavy atom. The van der Waals surface area contributed by atoms with Crippen LogP contribution in [0.5, 0.6) is 0 Å². The summed E-state index contributed by atoms with van der Waals surface area (Å²) in [5, 5.41) is 5.05. The Kier molecular flexibility index (Phi) is 6.35. The van der Waals surface area contributed by atoms with Crippen molar-refractivity contribution in [3.05, 3.63) is 88.5 Å². The predicted octanol–water partition coefficient (Wildman–Crippen LogP) is 3.63. The first kappa shape index (κ1) is 22.0. The van der Waals surface area contributed by atoms with Gasteiger partial charge in [0.2, 0.25) is 5.91 Å².